The lowest BCUT2D eigenvalue weighted by molar-refractivity contribution is -0.00380. The minimum atomic E-state index is 0.520. The predicted octanol–water partition coefficient (Wildman–Crippen LogP) is 4.00. The van der Waals surface area contributed by atoms with Crippen LogP contribution in [0.2, 0.25) is 0 Å². The minimum Gasteiger partial charge on any atom is -0.377 e. The van der Waals surface area contributed by atoms with Crippen LogP contribution < -0.4 is 5.32 Å². The Balaban J connectivity index is 2.00. The number of rotatable bonds is 8. The molecule has 1 aliphatic carbocycles. The first-order valence-corrected chi connectivity index (χ1v) is 7.94. The molecule has 0 aromatic heterocycles. The van der Waals surface area contributed by atoms with Gasteiger partial charge in [-0.15, -0.1) is 0 Å². The number of ether oxygens (including phenoxy) is 1. The first kappa shape index (κ1) is 16.0. The highest BCUT2D eigenvalue weighted by molar-refractivity contribution is 4.72. The summed E-state index contributed by atoms with van der Waals surface area (Å²) in [5.41, 5.74) is 0. The highest BCUT2D eigenvalue weighted by Crippen LogP contribution is 2.25. The molecule has 2 nitrogen and oxygen atoms in total. The largest absolute Gasteiger partial charge is 0.377 e. The number of nitrogens with one attached hydrogen (secondary N) is 1. The van der Waals surface area contributed by atoms with E-state index in [9.17, 15) is 0 Å². The summed E-state index contributed by atoms with van der Waals surface area (Å²) in [5, 5.41) is 3.57. The molecular formula is C16H33NO. The first-order valence-electron chi connectivity index (χ1n) is 7.94. The Bertz CT molecular complexity index is 205. The van der Waals surface area contributed by atoms with E-state index < -0.39 is 0 Å². The van der Waals surface area contributed by atoms with Gasteiger partial charge in [-0.2, -0.15) is 0 Å². The van der Waals surface area contributed by atoms with E-state index in [-0.39, 0.29) is 0 Å². The van der Waals surface area contributed by atoms with Gasteiger partial charge in [0.05, 0.1) is 12.7 Å². The normalized spacial score (nSPS) is 26.5. The molecule has 3 atom stereocenters. The van der Waals surface area contributed by atoms with Crippen LogP contribution in [-0.4, -0.2) is 25.3 Å². The maximum Gasteiger partial charge on any atom is 0.0601 e. The standard InChI is InChI=1S/C16H33NO/c1-13(2)9-10-15(4)17-11-12-18-16-8-6-5-7-14(16)3/h13-17H,5-12H2,1-4H3. The van der Waals surface area contributed by atoms with E-state index in [0.29, 0.717) is 12.1 Å². The van der Waals surface area contributed by atoms with E-state index in [4.69, 9.17) is 4.74 Å². The smallest absolute Gasteiger partial charge is 0.0601 e. The van der Waals surface area contributed by atoms with Gasteiger partial charge in [0.15, 0.2) is 0 Å². The zero-order valence-corrected chi connectivity index (χ0v) is 12.9. The van der Waals surface area contributed by atoms with Crippen molar-refractivity contribution in [1.82, 2.24) is 5.32 Å². The molecule has 0 aromatic rings. The van der Waals surface area contributed by atoms with Crippen molar-refractivity contribution in [2.45, 2.75) is 78.4 Å². The summed E-state index contributed by atoms with van der Waals surface area (Å²) >= 11 is 0. The Kier molecular flexibility index (Phi) is 7.92. The molecule has 2 heteroatoms. The van der Waals surface area contributed by atoms with Crippen molar-refractivity contribution >= 4 is 0 Å². The van der Waals surface area contributed by atoms with E-state index in [1.165, 1.54) is 38.5 Å². The highest BCUT2D eigenvalue weighted by Gasteiger charge is 2.21. The molecule has 0 aromatic carbocycles. The van der Waals surface area contributed by atoms with Crippen LogP contribution in [0.5, 0.6) is 0 Å². The molecule has 0 radical (unpaired) electrons. The molecule has 1 saturated carbocycles. The van der Waals surface area contributed by atoms with Crippen LogP contribution in [0.15, 0.2) is 0 Å². The van der Waals surface area contributed by atoms with Crippen molar-refractivity contribution in [1.29, 1.82) is 0 Å². The van der Waals surface area contributed by atoms with Gasteiger partial charge in [-0.25, -0.2) is 0 Å². The molecule has 108 valence electrons. The van der Waals surface area contributed by atoms with Gasteiger partial charge in [-0.3, -0.25) is 0 Å². The molecule has 0 aliphatic heterocycles. The Morgan fingerprint density at radius 1 is 1.11 bits per heavy atom. The molecule has 18 heavy (non-hydrogen) atoms. The number of hydrogen-bond acceptors (Lipinski definition) is 2. The summed E-state index contributed by atoms with van der Waals surface area (Å²) < 4.78 is 6.01. The zero-order chi connectivity index (χ0) is 13.4. The van der Waals surface area contributed by atoms with Crippen LogP contribution in [0.25, 0.3) is 0 Å². The van der Waals surface area contributed by atoms with Crippen LogP contribution in [0.1, 0.15) is 66.2 Å². The van der Waals surface area contributed by atoms with Gasteiger partial charge in [-0.05, 0) is 44.4 Å². The second-order valence-electron chi connectivity index (χ2n) is 6.50. The molecule has 1 rings (SSSR count). The summed E-state index contributed by atoms with van der Waals surface area (Å²) in [6, 6.07) is 0.625. The van der Waals surface area contributed by atoms with Crippen molar-refractivity contribution in [3.63, 3.8) is 0 Å². The van der Waals surface area contributed by atoms with Gasteiger partial charge in [0.2, 0.25) is 0 Å². The van der Waals surface area contributed by atoms with Crippen molar-refractivity contribution in [2.24, 2.45) is 11.8 Å². The van der Waals surface area contributed by atoms with Crippen molar-refractivity contribution in [2.75, 3.05) is 13.2 Å². The van der Waals surface area contributed by atoms with Gasteiger partial charge in [0, 0.05) is 12.6 Å². The van der Waals surface area contributed by atoms with Crippen LogP contribution in [0.4, 0.5) is 0 Å². The summed E-state index contributed by atoms with van der Waals surface area (Å²) in [6.07, 6.45) is 8.48. The summed E-state index contributed by atoms with van der Waals surface area (Å²) in [4.78, 5) is 0. The third kappa shape index (κ3) is 6.75. The topological polar surface area (TPSA) is 21.3 Å². The molecule has 0 amide bonds. The fourth-order valence-electron chi connectivity index (χ4n) is 2.73. The fraction of sp³-hybridized carbons (Fsp3) is 1.00. The Labute approximate surface area is 114 Å². The first-order chi connectivity index (χ1) is 8.59. The van der Waals surface area contributed by atoms with E-state index in [1.807, 2.05) is 0 Å². The van der Waals surface area contributed by atoms with Crippen molar-refractivity contribution in [3.05, 3.63) is 0 Å². The summed E-state index contributed by atoms with van der Waals surface area (Å²) in [7, 11) is 0. The van der Waals surface area contributed by atoms with Crippen molar-refractivity contribution in [3.8, 4) is 0 Å². The Morgan fingerprint density at radius 3 is 2.50 bits per heavy atom. The maximum absolute atomic E-state index is 6.01. The highest BCUT2D eigenvalue weighted by atomic mass is 16.5. The molecule has 0 heterocycles. The summed E-state index contributed by atoms with van der Waals surface area (Å²) in [5.74, 6) is 1.57. The molecular weight excluding hydrogens is 222 g/mol. The lowest BCUT2D eigenvalue weighted by Gasteiger charge is -2.29. The fourth-order valence-corrected chi connectivity index (χ4v) is 2.73. The molecule has 0 saturated heterocycles. The second kappa shape index (κ2) is 8.92. The predicted molar refractivity (Wildman–Crippen MR) is 78.9 cm³/mol. The quantitative estimate of drug-likeness (QED) is 0.662. The molecule has 1 fully saturated rings. The summed E-state index contributed by atoms with van der Waals surface area (Å²) in [6.45, 7) is 11.1. The molecule has 0 spiro atoms. The van der Waals surface area contributed by atoms with Gasteiger partial charge in [0.25, 0.3) is 0 Å². The van der Waals surface area contributed by atoms with E-state index in [2.05, 4.69) is 33.0 Å². The number of hydrogen-bond donors (Lipinski definition) is 1. The molecule has 0 bridgehead atoms. The van der Waals surface area contributed by atoms with Crippen LogP contribution in [-0.2, 0) is 4.74 Å². The van der Waals surface area contributed by atoms with Gasteiger partial charge in [0.1, 0.15) is 0 Å². The van der Waals surface area contributed by atoms with Crippen LogP contribution in [0.3, 0.4) is 0 Å². The second-order valence-corrected chi connectivity index (χ2v) is 6.50. The Morgan fingerprint density at radius 2 is 1.83 bits per heavy atom. The van der Waals surface area contributed by atoms with E-state index in [1.54, 1.807) is 0 Å². The zero-order valence-electron chi connectivity index (χ0n) is 12.9. The maximum atomic E-state index is 6.01. The Hall–Kier alpha value is -0.0800. The minimum absolute atomic E-state index is 0.520. The van der Waals surface area contributed by atoms with Gasteiger partial charge in [-0.1, -0.05) is 33.6 Å². The van der Waals surface area contributed by atoms with E-state index >= 15 is 0 Å². The third-order valence-electron chi connectivity index (χ3n) is 4.14. The van der Waals surface area contributed by atoms with Crippen LogP contribution >= 0.6 is 0 Å². The SMILES string of the molecule is CC(C)CCC(C)NCCOC1CCCCC1C. The molecule has 1 aliphatic rings. The average molecular weight is 255 g/mol. The lowest BCUT2D eigenvalue weighted by Crippen LogP contribution is -2.33. The lowest BCUT2D eigenvalue weighted by atomic mass is 9.88. The third-order valence-corrected chi connectivity index (χ3v) is 4.14. The average Bonchev–Trinajstić information content (AvgIpc) is 2.34. The van der Waals surface area contributed by atoms with Gasteiger partial charge < -0.3 is 10.1 Å². The van der Waals surface area contributed by atoms with Gasteiger partial charge >= 0.3 is 0 Å². The van der Waals surface area contributed by atoms with Crippen molar-refractivity contribution < 1.29 is 4.74 Å². The monoisotopic (exact) mass is 255 g/mol. The molecule has 3 unspecified atom stereocenters. The van der Waals surface area contributed by atoms with Crippen LogP contribution in [0, 0.1) is 11.8 Å². The van der Waals surface area contributed by atoms with E-state index in [0.717, 1.165) is 25.0 Å². The molecule has 1 N–H and O–H groups in total.